The fourth-order valence-corrected chi connectivity index (χ4v) is 3.56. The molecular formula is C26H23ClFN3O3. The topological polar surface area (TPSA) is 65.4 Å². The highest BCUT2D eigenvalue weighted by Gasteiger charge is 2.14. The zero-order chi connectivity index (χ0) is 24.1. The zero-order valence-electron chi connectivity index (χ0n) is 18.7. The van der Waals surface area contributed by atoms with Gasteiger partial charge in [-0.05, 0) is 55.5 Å². The highest BCUT2D eigenvalue weighted by atomic mass is 35.5. The monoisotopic (exact) mass is 479 g/mol. The lowest BCUT2D eigenvalue weighted by Gasteiger charge is -2.12. The van der Waals surface area contributed by atoms with Gasteiger partial charge in [0.25, 0.3) is 5.91 Å². The van der Waals surface area contributed by atoms with Crippen molar-refractivity contribution < 1.29 is 18.7 Å². The lowest BCUT2D eigenvalue weighted by Crippen LogP contribution is -2.14. The van der Waals surface area contributed by atoms with E-state index in [4.69, 9.17) is 21.1 Å². The molecule has 1 aromatic heterocycles. The minimum absolute atomic E-state index is 0.211. The minimum Gasteiger partial charge on any atom is -0.496 e. The number of rotatable bonds is 8. The number of halogens is 2. The Morgan fingerprint density at radius 2 is 1.82 bits per heavy atom. The first-order valence-electron chi connectivity index (χ1n) is 10.6. The van der Waals surface area contributed by atoms with Gasteiger partial charge in [0.2, 0.25) is 0 Å². The molecule has 0 aliphatic carbocycles. The molecule has 34 heavy (non-hydrogen) atoms. The van der Waals surface area contributed by atoms with Gasteiger partial charge >= 0.3 is 0 Å². The summed E-state index contributed by atoms with van der Waals surface area (Å²) in [6, 6.07) is 20.4. The second-order valence-electron chi connectivity index (χ2n) is 7.64. The van der Waals surface area contributed by atoms with Crippen LogP contribution in [-0.2, 0) is 13.2 Å². The fourth-order valence-electron chi connectivity index (χ4n) is 3.43. The van der Waals surface area contributed by atoms with Crippen molar-refractivity contribution in [2.24, 2.45) is 0 Å². The van der Waals surface area contributed by atoms with Gasteiger partial charge in [0.15, 0.2) is 5.82 Å². The molecule has 8 heteroatoms. The van der Waals surface area contributed by atoms with Crippen LogP contribution in [0.1, 0.15) is 27.2 Å². The van der Waals surface area contributed by atoms with Crippen molar-refractivity contribution in [2.45, 2.75) is 20.1 Å². The summed E-state index contributed by atoms with van der Waals surface area (Å²) in [6.07, 6.45) is 0. The summed E-state index contributed by atoms with van der Waals surface area (Å²) in [7, 11) is 1.56. The van der Waals surface area contributed by atoms with Gasteiger partial charge in [0, 0.05) is 33.5 Å². The van der Waals surface area contributed by atoms with Gasteiger partial charge in [-0.3, -0.25) is 9.48 Å². The molecule has 0 spiro atoms. The normalized spacial score (nSPS) is 10.7. The van der Waals surface area contributed by atoms with E-state index in [1.54, 1.807) is 78.5 Å². The number of nitrogens with zero attached hydrogens (tertiary/aromatic N) is 2. The summed E-state index contributed by atoms with van der Waals surface area (Å²) in [6.45, 7) is 2.33. The van der Waals surface area contributed by atoms with Crippen LogP contribution >= 0.6 is 11.6 Å². The molecule has 1 amide bonds. The maximum Gasteiger partial charge on any atom is 0.256 e. The van der Waals surface area contributed by atoms with E-state index < -0.39 is 0 Å². The number of carbonyl (C=O) groups excluding carboxylic acids is 1. The van der Waals surface area contributed by atoms with Gasteiger partial charge in [0.05, 0.1) is 13.7 Å². The molecule has 6 nitrogen and oxygen atoms in total. The Morgan fingerprint density at radius 3 is 2.56 bits per heavy atom. The molecule has 0 radical (unpaired) electrons. The molecular weight excluding hydrogens is 457 g/mol. The summed E-state index contributed by atoms with van der Waals surface area (Å²) in [5, 5.41) is 7.83. The number of amides is 1. The number of hydrogen-bond acceptors (Lipinski definition) is 4. The standard InChI is InChI=1S/C26H23ClFN3O3/c1-17-13-25(30-31(17)15-19-5-3-4-6-23(19)28)29-26(32)18-7-12-24(33-2)20(14-18)16-34-22-10-8-21(27)9-11-22/h3-14H,15-16H2,1-2H3,(H,29,30,32). The van der Waals surface area contributed by atoms with E-state index in [0.29, 0.717) is 39.0 Å². The van der Waals surface area contributed by atoms with E-state index in [9.17, 15) is 9.18 Å². The third-order valence-corrected chi connectivity index (χ3v) is 5.50. The van der Waals surface area contributed by atoms with Crippen molar-refractivity contribution in [3.63, 3.8) is 0 Å². The van der Waals surface area contributed by atoms with Gasteiger partial charge in [-0.25, -0.2) is 4.39 Å². The smallest absolute Gasteiger partial charge is 0.256 e. The molecule has 4 rings (SSSR count). The molecule has 0 aliphatic heterocycles. The van der Waals surface area contributed by atoms with Gasteiger partial charge in [-0.1, -0.05) is 29.8 Å². The summed E-state index contributed by atoms with van der Waals surface area (Å²) in [5.41, 5.74) is 2.46. The first-order chi connectivity index (χ1) is 16.4. The number of aryl methyl sites for hydroxylation is 1. The van der Waals surface area contributed by atoms with Gasteiger partial charge in [-0.2, -0.15) is 5.10 Å². The SMILES string of the molecule is COc1ccc(C(=O)Nc2cc(C)n(Cc3ccccc3F)n2)cc1COc1ccc(Cl)cc1. The van der Waals surface area contributed by atoms with Crippen LogP contribution in [0.5, 0.6) is 11.5 Å². The van der Waals surface area contributed by atoms with Gasteiger partial charge < -0.3 is 14.8 Å². The number of anilines is 1. The van der Waals surface area contributed by atoms with Crippen molar-refractivity contribution in [1.82, 2.24) is 9.78 Å². The Balaban J connectivity index is 1.47. The van der Waals surface area contributed by atoms with Crippen LogP contribution in [0, 0.1) is 12.7 Å². The summed E-state index contributed by atoms with van der Waals surface area (Å²) >= 11 is 5.91. The Bertz CT molecular complexity index is 1310. The summed E-state index contributed by atoms with van der Waals surface area (Å²) in [5.74, 6) is 1.02. The lowest BCUT2D eigenvalue weighted by molar-refractivity contribution is 0.102. The number of ether oxygens (including phenoxy) is 2. The van der Waals surface area contributed by atoms with Crippen LogP contribution in [-0.4, -0.2) is 22.8 Å². The number of benzene rings is 3. The van der Waals surface area contributed by atoms with Crippen molar-refractivity contribution in [3.8, 4) is 11.5 Å². The fraction of sp³-hybridized carbons (Fsp3) is 0.154. The lowest BCUT2D eigenvalue weighted by atomic mass is 10.1. The van der Waals surface area contributed by atoms with E-state index in [-0.39, 0.29) is 24.9 Å². The predicted molar refractivity (Wildman–Crippen MR) is 129 cm³/mol. The quantitative estimate of drug-likeness (QED) is 0.343. The Morgan fingerprint density at radius 1 is 1.06 bits per heavy atom. The average molecular weight is 480 g/mol. The van der Waals surface area contributed by atoms with Crippen LogP contribution in [0.3, 0.4) is 0 Å². The highest BCUT2D eigenvalue weighted by molar-refractivity contribution is 6.30. The molecule has 0 saturated heterocycles. The van der Waals surface area contributed by atoms with Crippen molar-refractivity contribution in [3.05, 3.63) is 106 Å². The molecule has 0 fully saturated rings. The van der Waals surface area contributed by atoms with Crippen LogP contribution < -0.4 is 14.8 Å². The van der Waals surface area contributed by atoms with Crippen LogP contribution in [0.4, 0.5) is 10.2 Å². The molecule has 0 unspecified atom stereocenters. The molecule has 174 valence electrons. The third kappa shape index (κ3) is 5.55. The Kier molecular flexibility index (Phi) is 7.13. The first-order valence-corrected chi connectivity index (χ1v) is 10.9. The number of carbonyl (C=O) groups is 1. The van der Waals surface area contributed by atoms with E-state index in [1.807, 2.05) is 6.92 Å². The van der Waals surface area contributed by atoms with Gasteiger partial charge in [0.1, 0.15) is 23.9 Å². The Hall–Kier alpha value is -3.84. The molecule has 1 heterocycles. The van der Waals surface area contributed by atoms with Crippen LogP contribution in [0.25, 0.3) is 0 Å². The third-order valence-electron chi connectivity index (χ3n) is 5.25. The van der Waals surface area contributed by atoms with E-state index in [2.05, 4.69) is 10.4 Å². The molecule has 0 aliphatic rings. The summed E-state index contributed by atoms with van der Waals surface area (Å²) in [4.78, 5) is 12.9. The molecule has 0 saturated carbocycles. The maximum atomic E-state index is 14.0. The highest BCUT2D eigenvalue weighted by Crippen LogP contribution is 2.24. The molecule has 0 bridgehead atoms. The van der Waals surface area contributed by atoms with Crippen LogP contribution in [0.2, 0.25) is 5.02 Å². The number of nitrogens with one attached hydrogen (secondary N) is 1. The second-order valence-corrected chi connectivity index (χ2v) is 8.08. The van der Waals surface area contributed by atoms with Crippen LogP contribution in [0.15, 0.2) is 72.8 Å². The number of hydrogen-bond donors (Lipinski definition) is 1. The first kappa shape index (κ1) is 23.3. The Labute approximate surface area is 201 Å². The van der Waals surface area contributed by atoms with E-state index in [1.165, 1.54) is 6.07 Å². The largest absolute Gasteiger partial charge is 0.496 e. The summed E-state index contributed by atoms with van der Waals surface area (Å²) < 4.78 is 26.9. The zero-order valence-corrected chi connectivity index (χ0v) is 19.5. The van der Waals surface area contributed by atoms with Crippen molar-refractivity contribution in [1.29, 1.82) is 0 Å². The van der Waals surface area contributed by atoms with E-state index >= 15 is 0 Å². The van der Waals surface area contributed by atoms with E-state index in [0.717, 1.165) is 5.69 Å². The average Bonchev–Trinajstić information content (AvgIpc) is 3.18. The van der Waals surface area contributed by atoms with Crippen molar-refractivity contribution >= 4 is 23.3 Å². The molecule has 3 aromatic carbocycles. The maximum absolute atomic E-state index is 14.0. The molecule has 1 N–H and O–H groups in total. The van der Waals surface area contributed by atoms with Crippen molar-refractivity contribution in [2.75, 3.05) is 12.4 Å². The van der Waals surface area contributed by atoms with Gasteiger partial charge in [-0.15, -0.1) is 0 Å². The minimum atomic E-state index is -0.328. The number of aromatic nitrogens is 2. The second kappa shape index (κ2) is 10.4. The molecule has 0 atom stereocenters. The molecule has 4 aromatic rings. The predicted octanol–water partition coefficient (Wildman–Crippen LogP) is 5.87. The number of methoxy groups -OCH3 is 1.